The number of carbonyl (C=O) groups excluding carboxylic acids is 1. The lowest BCUT2D eigenvalue weighted by Crippen LogP contribution is -2.40. The van der Waals surface area contributed by atoms with E-state index in [1.807, 2.05) is 24.3 Å². The Morgan fingerprint density at radius 2 is 2.05 bits per heavy atom. The first kappa shape index (κ1) is 14.3. The highest BCUT2D eigenvalue weighted by atomic mass is 127. The van der Waals surface area contributed by atoms with Crippen molar-refractivity contribution >= 4 is 40.2 Å². The molecular weight excluding hydrogens is 359 g/mol. The van der Waals surface area contributed by atoms with E-state index in [9.17, 15) is 9.59 Å². The molecule has 6 heteroatoms. The summed E-state index contributed by atoms with van der Waals surface area (Å²) in [6, 6.07) is 6.96. The van der Waals surface area contributed by atoms with Crippen LogP contribution in [0.5, 0.6) is 0 Å². The Balaban J connectivity index is 1.90. The molecule has 0 aromatic heterocycles. The molecule has 2 N–H and O–H groups in total. The van der Waals surface area contributed by atoms with Crippen molar-refractivity contribution < 1.29 is 14.7 Å². The fourth-order valence-electron chi connectivity index (χ4n) is 2.21. The largest absolute Gasteiger partial charge is 0.480 e. The van der Waals surface area contributed by atoms with Crippen LogP contribution >= 0.6 is 22.6 Å². The summed E-state index contributed by atoms with van der Waals surface area (Å²) in [5.41, 5.74) is 0.733. The van der Waals surface area contributed by atoms with Crippen LogP contribution in [0.15, 0.2) is 24.3 Å². The number of carbonyl (C=O) groups is 2. The van der Waals surface area contributed by atoms with Gasteiger partial charge in [-0.1, -0.05) is 0 Å². The van der Waals surface area contributed by atoms with Gasteiger partial charge >= 0.3 is 5.97 Å². The van der Waals surface area contributed by atoms with Gasteiger partial charge in [-0.05, 0) is 66.2 Å². The van der Waals surface area contributed by atoms with Gasteiger partial charge in [-0.3, -0.25) is 14.5 Å². The number of hydrogen-bond acceptors (Lipinski definition) is 3. The van der Waals surface area contributed by atoms with Crippen LogP contribution in [0.4, 0.5) is 5.69 Å². The van der Waals surface area contributed by atoms with Crippen molar-refractivity contribution in [1.29, 1.82) is 0 Å². The number of amides is 1. The van der Waals surface area contributed by atoms with E-state index in [1.165, 1.54) is 0 Å². The Labute approximate surface area is 125 Å². The van der Waals surface area contributed by atoms with Crippen molar-refractivity contribution in [2.75, 3.05) is 18.4 Å². The number of anilines is 1. The highest BCUT2D eigenvalue weighted by Gasteiger charge is 2.31. The average molecular weight is 374 g/mol. The molecule has 1 fully saturated rings. The maximum absolute atomic E-state index is 11.9. The standard InChI is InChI=1S/C13H15IN2O3/c14-9-3-5-10(6-4-9)15-12(17)8-16-7-1-2-11(16)13(18)19/h3-6,11H,1-2,7-8H2,(H,15,17)(H,18,19). The number of halogens is 1. The molecule has 0 bridgehead atoms. The second kappa shape index (κ2) is 6.33. The van der Waals surface area contributed by atoms with Crippen LogP contribution in [0.2, 0.25) is 0 Å². The summed E-state index contributed by atoms with van der Waals surface area (Å²) in [6.45, 7) is 0.792. The molecule has 1 aromatic carbocycles. The third-order valence-corrected chi connectivity index (χ3v) is 3.84. The van der Waals surface area contributed by atoms with E-state index in [-0.39, 0.29) is 12.5 Å². The van der Waals surface area contributed by atoms with Crippen LogP contribution < -0.4 is 5.32 Å². The molecule has 1 atom stereocenters. The molecule has 0 spiro atoms. The van der Waals surface area contributed by atoms with E-state index in [4.69, 9.17) is 5.11 Å². The molecule has 1 aromatic rings. The van der Waals surface area contributed by atoms with Crippen LogP contribution in [0, 0.1) is 3.57 Å². The van der Waals surface area contributed by atoms with E-state index in [0.29, 0.717) is 13.0 Å². The van der Waals surface area contributed by atoms with Crippen molar-refractivity contribution in [3.05, 3.63) is 27.8 Å². The SMILES string of the molecule is O=C(CN1CCCC1C(=O)O)Nc1ccc(I)cc1. The number of aliphatic carboxylic acids is 1. The van der Waals surface area contributed by atoms with Gasteiger partial charge in [0.15, 0.2) is 0 Å². The average Bonchev–Trinajstić information content (AvgIpc) is 2.80. The summed E-state index contributed by atoms with van der Waals surface area (Å²) in [5, 5.41) is 11.8. The zero-order chi connectivity index (χ0) is 13.8. The highest BCUT2D eigenvalue weighted by molar-refractivity contribution is 14.1. The van der Waals surface area contributed by atoms with Gasteiger partial charge in [-0.15, -0.1) is 0 Å². The smallest absolute Gasteiger partial charge is 0.320 e. The molecule has 1 unspecified atom stereocenters. The number of nitrogens with one attached hydrogen (secondary N) is 1. The van der Waals surface area contributed by atoms with E-state index >= 15 is 0 Å². The molecule has 1 aliphatic heterocycles. The number of rotatable bonds is 4. The maximum Gasteiger partial charge on any atom is 0.320 e. The van der Waals surface area contributed by atoms with E-state index in [1.54, 1.807) is 4.90 Å². The Morgan fingerprint density at radius 1 is 1.37 bits per heavy atom. The summed E-state index contributed by atoms with van der Waals surface area (Å²) in [4.78, 5) is 24.6. The predicted molar refractivity (Wildman–Crippen MR) is 80.0 cm³/mol. The summed E-state index contributed by atoms with van der Waals surface area (Å²) in [7, 11) is 0. The van der Waals surface area contributed by atoms with E-state index in [2.05, 4.69) is 27.9 Å². The van der Waals surface area contributed by atoms with Crippen LogP contribution in [0.25, 0.3) is 0 Å². The molecule has 1 aliphatic rings. The zero-order valence-electron chi connectivity index (χ0n) is 10.3. The van der Waals surface area contributed by atoms with Gasteiger partial charge in [0.1, 0.15) is 6.04 Å². The Bertz CT molecular complexity index is 475. The number of carboxylic acids is 1. The van der Waals surface area contributed by atoms with Gasteiger partial charge in [0.05, 0.1) is 6.54 Å². The predicted octanol–water partition coefficient (Wildman–Crippen LogP) is 1.78. The van der Waals surface area contributed by atoms with E-state index in [0.717, 1.165) is 15.7 Å². The lowest BCUT2D eigenvalue weighted by Gasteiger charge is -2.20. The second-order valence-electron chi connectivity index (χ2n) is 4.52. The number of benzene rings is 1. The topological polar surface area (TPSA) is 69.6 Å². The number of hydrogen-bond donors (Lipinski definition) is 2. The van der Waals surface area contributed by atoms with Crippen LogP contribution in [-0.4, -0.2) is 41.0 Å². The van der Waals surface area contributed by atoms with Gasteiger partial charge in [-0.2, -0.15) is 0 Å². The lowest BCUT2D eigenvalue weighted by atomic mass is 10.2. The van der Waals surface area contributed by atoms with Gasteiger partial charge in [0.25, 0.3) is 0 Å². The first-order chi connectivity index (χ1) is 9.06. The third kappa shape index (κ3) is 3.90. The van der Waals surface area contributed by atoms with Gasteiger partial charge in [0.2, 0.25) is 5.91 Å². The molecular formula is C13H15IN2O3. The monoisotopic (exact) mass is 374 g/mol. The maximum atomic E-state index is 11.9. The fourth-order valence-corrected chi connectivity index (χ4v) is 2.57. The molecule has 1 amide bonds. The molecule has 0 aliphatic carbocycles. The first-order valence-corrected chi connectivity index (χ1v) is 7.16. The lowest BCUT2D eigenvalue weighted by molar-refractivity contribution is -0.142. The van der Waals surface area contributed by atoms with Gasteiger partial charge in [-0.25, -0.2) is 0 Å². The van der Waals surface area contributed by atoms with Crippen molar-refractivity contribution in [1.82, 2.24) is 4.90 Å². The van der Waals surface area contributed by atoms with Crippen LogP contribution in [0.1, 0.15) is 12.8 Å². The van der Waals surface area contributed by atoms with Crippen molar-refractivity contribution in [3.63, 3.8) is 0 Å². The number of nitrogens with zero attached hydrogens (tertiary/aromatic N) is 1. The van der Waals surface area contributed by atoms with Crippen LogP contribution in [0.3, 0.4) is 0 Å². The van der Waals surface area contributed by atoms with E-state index < -0.39 is 12.0 Å². The number of likely N-dealkylation sites (tertiary alicyclic amines) is 1. The molecule has 1 saturated heterocycles. The fraction of sp³-hybridized carbons (Fsp3) is 0.385. The summed E-state index contributed by atoms with van der Waals surface area (Å²) >= 11 is 2.19. The molecule has 102 valence electrons. The molecule has 0 radical (unpaired) electrons. The minimum Gasteiger partial charge on any atom is -0.480 e. The highest BCUT2D eigenvalue weighted by Crippen LogP contribution is 2.17. The summed E-state index contributed by atoms with van der Waals surface area (Å²) < 4.78 is 1.10. The Hall–Kier alpha value is -1.15. The van der Waals surface area contributed by atoms with Gasteiger partial charge < -0.3 is 10.4 Å². The van der Waals surface area contributed by atoms with Crippen molar-refractivity contribution in [2.24, 2.45) is 0 Å². The molecule has 19 heavy (non-hydrogen) atoms. The molecule has 0 saturated carbocycles. The minimum absolute atomic E-state index is 0.128. The quantitative estimate of drug-likeness (QED) is 0.789. The summed E-state index contributed by atoms with van der Waals surface area (Å²) in [6.07, 6.45) is 1.44. The molecule has 1 heterocycles. The number of carboxylic acid groups (broad SMARTS) is 1. The minimum atomic E-state index is -0.848. The van der Waals surface area contributed by atoms with Crippen LogP contribution in [-0.2, 0) is 9.59 Å². The molecule has 5 nitrogen and oxygen atoms in total. The summed E-state index contributed by atoms with van der Waals surface area (Å²) in [5.74, 6) is -1.02. The zero-order valence-corrected chi connectivity index (χ0v) is 12.5. The van der Waals surface area contributed by atoms with Crippen molar-refractivity contribution in [3.8, 4) is 0 Å². The van der Waals surface area contributed by atoms with Crippen molar-refractivity contribution in [2.45, 2.75) is 18.9 Å². The normalized spacial score (nSPS) is 19.3. The van der Waals surface area contributed by atoms with Gasteiger partial charge in [0, 0.05) is 9.26 Å². The Morgan fingerprint density at radius 3 is 2.68 bits per heavy atom. The second-order valence-corrected chi connectivity index (χ2v) is 5.77. The third-order valence-electron chi connectivity index (χ3n) is 3.12. The molecule has 2 rings (SSSR count). The Kier molecular flexibility index (Phi) is 4.76. The first-order valence-electron chi connectivity index (χ1n) is 6.08.